The van der Waals surface area contributed by atoms with Gasteiger partial charge >= 0.3 is 0 Å². The van der Waals surface area contributed by atoms with E-state index < -0.39 is 5.91 Å². The van der Waals surface area contributed by atoms with Gasteiger partial charge in [-0.2, -0.15) is 0 Å². The third-order valence-corrected chi connectivity index (χ3v) is 4.41. The molecule has 0 unspecified atom stereocenters. The summed E-state index contributed by atoms with van der Waals surface area (Å²) in [5, 5.41) is 3.29. The third-order valence-electron chi connectivity index (χ3n) is 3.46. The summed E-state index contributed by atoms with van der Waals surface area (Å²) in [4.78, 5) is 25.7. The Morgan fingerprint density at radius 3 is 2.33 bits per heavy atom. The van der Waals surface area contributed by atoms with Gasteiger partial charge in [0, 0.05) is 0 Å². The van der Waals surface area contributed by atoms with Crippen LogP contribution in [0.15, 0.2) is 48.5 Å². The molecule has 0 aliphatic heterocycles. The predicted octanol–water partition coefficient (Wildman–Crippen LogP) is 3.50. The minimum atomic E-state index is -0.399. The molecule has 118 valence electrons. The summed E-state index contributed by atoms with van der Waals surface area (Å²) in [5.41, 5.74) is 2.28. The van der Waals surface area contributed by atoms with Crippen molar-refractivity contribution in [2.45, 2.75) is 0 Å². The van der Waals surface area contributed by atoms with Crippen molar-refractivity contribution in [1.82, 2.24) is 15.0 Å². The number of amides is 1. The molecule has 0 aliphatic rings. The van der Waals surface area contributed by atoms with Crippen LogP contribution < -0.4 is 10.1 Å². The first kappa shape index (κ1) is 14.5. The third kappa shape index (κ3) is 2.55. The molecule has 24 heavy (non-hydrogen) atoms. The van der Waals surface area contributed by atoms with Gasteiger partial charge in [0.2, 0.25) is 5.88 Å². The minimum Gasteiger partial charge on any atom is -0.479 e. The van der Waals surface area contributed by atoms with Gasteiger partial charge in [-0.25, -0.2) is 15.0 Å². The number of benzene rings is 2. The van der Waals surface area contributed by atoms with Crippen molar-refractivity contribution in [3.05, 3.63) is 54.2 Å². The summed E-state index contributed by atoms with van der Waals surface area (Å²) in [6.45, 7) is 0. The van der Waals surface area contributed by atoms with Crippen LogP contribution in [0, 0.1) is 0 Å². The highest BCUT2D eigenvalue weighted by molar-refractivity contribution is 7.22. The Balaban J connectivity index is 1.71. The van der Waals surface area contributed by atoms with Crippen molar-refractivity contribution >= 4 is 43.6 Å². The summed E-state index contributed by atoms with van der Waals surface area (Å²) >= 11 is 1.41. The van der Waals surface area contributed by atoms with Crippen molar-refractivity contribution < 1.29 is 9.53 Å². The molecule has 0 fully saturated rings. The average Bonchev–Trinajstić information content (AvgIpc) is 3.02. The lowest BCUT2D eigenvalue weighted by Crippen LogP contribution is -2.16. The molecule has 0 saturated carbocycles. The largest absolute Gasteiger partial charge is 0.479 e. The molecule has 1 N–H and O–H groups in total. The Labute approximate surface area is 141 Å². The van der Waals surface area contributed by atoms with E-state index in [0.717, 1.165) is 10.2 Å². The van der Waals surface area contributed by atoms with Crippen LogP contribution in [0.1, 0.15) is 10.5 Å². The Kier molecular flexibility index (Phi) is 3.55. The summed E-state index contributed by atoms with van der Waals surface area (Å²) in [6.07, 6.45) is 0. The number of methoxy groups -OCH3 is 1. The topological polar surface area (TPSA) is 77.0 Å². The number of ether oxygens (including phenoxy) is 1. The highest BCUT2D eigenvalue weighted by atomic mass is 32.1. The number of fused-ring (bicyclic) bond motifs is 2. The van der Waals surface area contributed by atoms with Crippen molar-refractivity contribution in [1.29, 1.82) is 0 Å². The van der Waals surface area contributed by atoms with E-state index in [0.29, 0.717) is 16.2 Å². The van der Waals surface area contributed by atoms with Crippen LogP contribution in [0.25, 0.3) is 21.3 Å². The normalized spacial score (nSPS) is 10.9. The molecular weight excluding hydrogens is 324 g/mol. The molecule has 6 nitrogen and oxygen atoms in total. The van der Waals surface area contributed by atoms with Crippen LogP contribution >= 0.6 is 11.3 Å². The lowest BCUT2D eigenvalue weighted by molar-refractivity contribution is 0.101. The average molecular weight is 336 g/mol. The molecule has 0 radical (unpaired) electrons. The summed E-state index contributed by atoms with van der Waals surface area (Å²) in [7, 11) is 1.47. The van der Waals surface area contributed by atoms with E-state index in [2.05, 4.69) is 20.3 Å². The molecular formula is C17H12N4O2S. The second kappa shape index (κ2) is 5.86. The highest BCUT2D eigenvalue weighted by Crippen LogP contribution is 2.26. The molecule has 2 aromatic heterocycles. The molecule has 0 bridgehead atoms. The standard InChI is InChI=1S/C17H12N4O2S/c1-23-16-14(18-10-6-2-3-7-11(10)19-16)15(22)21-17-20-12-8-4-5-9-13(12)24-17/h2-9H,1H3,(H,20,21,22). The zero-order chi connectivity index (χ0) is 16.5. The van der Waals surface area contributed by atoms with Crippen LogP contribution in [0.5, 0.6) is 5.88 Å². The Morgan fingerprint density at radius 2 is 1.62 bits per heavy atom. The summed E-state index contributed by atoms with van der Waals surface area (Å²) < 4.78 is 6.22. The smallest absolute Gasteiger partial charge is 0.281 e. The molecule has 0 spiro atoms. The number of hydrogen-bond acceptors (Lipinski definition) is 6. The van der Waals surface area contributed by atoms with Crippen molar-refractivity contribution in [3.63, 3.8) is 0 Å². The zero-order valence-corrected chi connectivity index (χ0v) is 13.5. The van der Waals surface area contributed by atoms with Gasteiger partial charge in [0.25, 0.3) is 5.91 Å². The van der Waals surface area contributed by atoms with E-state index in [1.807, 2.05) is 42.5 Å². The van der Waals surface area contributed by atoms with Gasteiger partial charge in [0.1, 0.15) is 0 Å². The second-order valence-electron chi connectivity index (χ2n) is 5.01. The number of thiazole rings is 1. The molecule has 4 rings (SSSR count). The van der Waals surface area contributed by atoms with E-state index in [1.54, 1.807) is 6.07 Å². The number of nitrogens with zero attached hydrogens (tertiary/aromatic N) is 3. The maximum Gasteiger partial charge on any atom is 0.281 e. The molecule has 1 amide bonds. The van der Waals surface area contributed by atoms with Gasteiger partial charge in [0.05, 0.1) is 28.4 Å². The SMILES string of the molecule is COc1nc2ccccc2nc1C(=O)Nc1nc2ccccc2s1. The van der Waals surface area contributed by atoms with E-state index in [1.165, 1.54) is 18.4 Å². The first-order chi connectivity index (χ1) is 11.7. The van der Waals surface area contributed by atoms with Crippen LogP contribution in [-0.2, 0) is 0 Å². The number of para-hydroxylation sites is 3. The van der Waals surface area contributed by atoms with Crippen LogP contribution in [0.4, 0.5) is 5.13 Å². The molecule has 7 heteroatoms. The Hall–Kier alpha value is -3.06. The van der Waals surface area contributed by atoms with Crippen molar-refractivity contribution in [2.75, 3.05) is 12.4 Å². The lowest BCUT2D eigenvalue weighted by atomic mass is 10.3. The van der Waals surface area contributed by atoms with E-state index in [4.69, 9.17) is 4.74 Å². The number of carbonyl (C=O) groups is 1. The summed E-state index contributed by atoms with van der Waals surface area (Å²) in [6, 6.07) is 15.0. The molecule has 0 atom stereocenters. The molecule has 2 heterocycles. The van der Waals surface area contributed by atoms with Gasteiger partial charge in [-0.3, -0.25) is 10.1 Å². The summed E-state index contributed by atoms with van der Waals surface area (Å²) in [5.74, 6) is -0.212. The highest BCUT2D eigenvalue weighted by Gasteiger charge is 2.18. The van der Waals surface area contributed by atoms with Gasteiger partial charge in [0.15, 0.2) is 10.8 Å². The van der Waals surface area contributed by atoms with Crippen molar-refractivity contribution in [2.24, 2.45) is 0 Å². The van der Waals surface area contributed by atoms with Crippen LogP contribution in [-0.4, -0.2) is 28.0 Å². The van der Waals surface area contributed by atoms with Gasteiger partial charge in [-0.1, -0.05) is 35.6 Å². The molecule has 0 saturated heterocycles. The fourth-order valence-corrected chi connectivity index (χ4v) is 3.22. The zero-order valence-electron chi connectivity index (χ0n) is 12.7. The van der Waals surface area contributed by atoms with E-state index >= 15 is 0 Å². The fourth-order valence-electron chi connectivity index (χ4n) is 2.36. The molecule has 4 aromatic rings. The number of carbonyl (C=O) groups excluding carboxylic acids is 1. The first-order valence-corrected chi connectivity index (χ1v) is 8.04. The maximum atomic E-state index is 12.6. The second-order valence-corrected chi connectivity index (χ2v) is 6.04. The number of rotatable bonds is 3. The molecule has 2 aromatic carbocycles. The van der Waals surface area contributed by atoms with Crippen LogP contribution in [0.2, 0.25) is 0 Å². The Bertz CT molecular complexity index is 1030. The monoisotopic (exact) mass is 336 g/mol. The fraction of sp³-hybridized carbons (Fsp3) is 0.0588. The molecule has 0 aliphatic carbocycles. The quantitative estimate of drug-likeness (QED) is 0.619. The lowest BCUT2D eigenvalue weighted by Gasteiger charge is -2.07. The minimum absolute atomic E-state index is 0.135. The van der Waals surface area contributed by atoms with E-state index in [9.17, 15) is 4.79 Å². The predicted molar refractivity (Wildman–Crippen MR) is 93.7 cm³/mol. The van der Waals surface area contributed by atoms with Crippen molar-refractivity contribution in [3.8, 4) is 5.88 Å². The van der Waals surface area contributed by atoms with Crippen LogP contribution in [0.3, 0.4) is 0 Å². The number of nitrogens with one attached hydrogen (secondary N) is 1. The van der Waals surface area contributed by atoms with Gasteiger partial charge < -0.3 is 4.74 Å². The maximum absolute atomic E-state index is 12.6. The number of aromatic nitrogens is 3. The van der Waals surface area contributed by atoms with Gasteiger partial charge in [-0.15, -0.1) is 0 Å². The number of anilines is 1. The first-order valence-electron chi connectivity index (χ1n) is 7.22. The Morgan fingerprint density at radius 1 is 0.958 bits per heavy atom. The number of hydrogen-bond donors (Lipinski definition) is 1. The van der Waals surface area contributed by atoms with Gasteiger partial charge in [-0.05, 0) is 24.3 Å². The van der Waals surface area contributed by atoms with E-state index in [-0.39, 0.29) is 11.6 Å².